The first-order chi connectivity index (χ1) is 12.3. The number of hydrogen-bond donors (Lipinski definition) is 2. The second kappa shape index (κ2) is 8.39. The molecule has 8 nitrogen and oxygen atoms in total. The predicted octanol–water partition coefficient (Wildman–Crippen LogP) is 1.30. The van der Waals surface area contributed by atoms with Crippen LogP contribution in [0.5, 0.6) is 11.5 Å². The molecule has 26 heavy (non-hydrogen) atoms. The average molecular weight is 385 g/mol. The van der Waals surface area contributed by atoms with Gasteiger partial charge in [0.25, 0.3) is 0 Å². The highest BCUT2D eigenvalue weighted by atomic mass is 32.2. The molecule has 1 saturated heterocycles. The van der Waals surface area contributed by atoms with Gasteiger partial charge in [-0.2, -0.15) is 0 Å². The summed E-state index contributed by atoms with van der Waals surface area (Å²) in [4.78, 5) is 23.8. The molecular formula is C17H23NO7S. The van der Waals surface area contributed by atoms with Crippen molar-refractivity contribution >= 4 is 21.7 Å². The van der Waals surface area contributed by atoms with Gasteiger partial charge in [-0.1, -0.05) is 6.42 Å². The van der Waals surface area contributed by atoms with E-state index in [1.807, 2.05) is 0 Å². The molecule has 2 atom stereocenters. The third kappa shape index (κ3) is 4.66. The van der Waals surface area contributed by atoms with Crippen molar-refractivity contribution in [3.8, 4) is 11.5 Å². The van der Waals surface area contributed by atoms with Gasteiger partial charge in [-0.05, 0) is 25.0 Å². The summed E-state index contributed by atoms with van der Waals surface area (Å²) < 4.78 is 34.7. The van der Waals surface area contributed by atoms with Crippen molar-refractivity contribution in [2.24, 2.45) is 0 Å². The first kappa shape index (κ1) is 20.0. The number of amides is 1. The van der Waals surface area contributed by atoms with Crippen LogP contribution in [0.4, 0.5) is 0 Å². The molecular weight excluding hydrogens is 362 g/mol. The number of carbonyl (C=O) groups excluding carboxylic acids is 1. The summed E-state index contributed by atoms with van der Waals surface area (Å²) in [7, 11) is -0.611. The van der Waals surface area contributed by atoms with Crippen molar-refractivity contribution in [1.82, 2.24) is 5.32 Å². The third-order valence-electron chi connectivity index (χ3n) is 4.38. The van der Waals surface area contributed by atoms with Crippen molar-refractivity contribution in [2.45, 2.75) is 37.0 Å². The van der Waals surface area contributed by atoms with E-state index in [2.05, 4.69) is 5.32 Å². The molecule has 1 heterocycles. The molecule has 1 aromatic rings. The lowest BCUT2D eigenvalue weighted by atomic mass is 10.0. The minimum absolute atomic E-state index is 0.0272. The fourth-order valence-electron chi connectivity index (χ4n) is 3.03. The Balaban J connectivity index is 2.30. The first-order valence-corrected chi connectivity index (χ1v) is 9.95. The van der Waals surface area contributed by atoms with Gasteiger partial charge in [0.05, 0.1) is 32.4 Å². The Morgan fingerprint density at radius 3 is 2.58 bits per heavy atom. The number of methoxy groups -OCH3 is 2. The standard InChI is InChI=1S/C17H23NO7S/c1-24-11-6-7-12(14(9-11)25-2)13(10-16(19)20)18-17(21)15-5-3-4-8-26(15,22)23/h6-7,9,13,15H,3-5,8,10H2,1-2H3,(H,18,21)(H,19,20). The molecule has 0 aliphatic carbocycles. The molecule has 144 valence electrons. The van der Waals surface area contributed by atoms with Gasteiger partial charge in [-0.25, -0.2) is 8.42 Å². The zero-order valence-electron chi connectivity index (χ0n) is 14.7. The summed E-state index contributed by atoms with van der Waals surface area (Å²) in [5.41, 5.74) is 0.442. The number of carboxylic acid groups (broad SMARTS) is 1. The van der Waals surface area contributed by atoms with Crippen LogP contribution in [0.2, 0.25) is 0 Å². The SMILES string of the molecule is COc1ccc(C(CC(=O)O)NC(=O)C2CCCCS2(=O)=O)c(OC)c1. The summed E-state index contributed by atoms with van der Waals surface area (Å²) in [6.07, 6.45) is 1.03. The highest BCUT2D eigenvalue weighted by molar-refractivity contribution is 7.92. The molecule has 2 N–H and O–H groups in total. The quantitative estimate of drug-likeness (QED) is 0.726. The number of nitrogens with one attached hydrogen (secondary N) is 1. The van der Waals surface area contributed by atoms with E-state index in [1.54, 1.807) is 18.2 Å². The van der Waals surface area contributed by atoms with E-state index in [9.17, 15) is 23.1 Å². The van der Waals surface area contributed by atoms with E-state index >= 15 is 0 Å². The number of rotatable bonds is 7. The minimum Gasteiger partial charge on any atom is -0.497 e. The summed E-state index contributed by atoms with van der Waals surface area (Å²) in [6.45, 7) is 0. The maximum absolute atomic E-state index is 12.6. The molecule has 2 unspecified atom stereocenters. The molecule has 0 bridgehead atoms. The van der Waals surface area contributed by atoms with Gasteiger partial charge in [-0.15, -0.1) is 0 Å². The van der Waals surface area contributed by atoms with Crippen molar-refractivity contribution in [3.05, 3.63) is 23.8 Å². The van der Waals surface area contributed by atoms with Crippen LogP contribution in [-0.4, -0.2) is 50.6 Å². The number of carbonyl (C=O) groups is 2. The van der Waals surface area contributed by atoms with Crippen LogP contribution in [-0.2, 0) is 19.4 Å². The summed E-state index contributed by atoms with van der Waals surface area (Å²) in [5.74, 6) is -0.961. The topological polar surface area (TPSA) is 119 Å². The smallest absolute Gasteiger partial charge is 0.305 e. The Morgan fingerprint density at radius 2 is 2.00 bits per heavy atom. The molecule has 1 aromatic carbocycles. The Hall–Kier alpha value is -2.29. The average Bonchev–Trinajstić information content (AvgIpc) is 2.59. The Bertz CT molecular complexity index is 775. The van der Waals surface area contributed by atoms with E-state index in [-0.39, 0.29) is 12.2 Å². The molecule has 0 spiro atoms. The van der Waals surface area contributed by atoms with Crippen LogP contribution in [0.1, 0.15) is 37.3 Å². The van der Waals surface area contributed by atoms with Crippen molar-refractivity contribution < 1.29 is 32.6 Å². The number of hydrogen-bond acceptors (Lipinski definition) is 6. The number of ether oxygens (including phenoxy) is 2. The molecule has 0 saturated carbocycles. The number of aliphatic carboxylic acids is 1. The molecule has 1 amide bonds. The maximum atomic E-state index is 12.6. The maximum Gasteiger partial charge on any atom is 0.305 e. The summed E-state index contributed by atoms with van der Waals surface area (Å²) >= 11 is 0. The van der Waals surface area contributed by atoms with E-state index in [0.29, 0.717) is 29.9 Å². The van der Waals surface area contributed by atoms with Crippen LogP contribution >= 0.6 is 0 Å². The fraction of sp³-hybridized carbons (Fsp3) is 0.529. The lowest BCUT2D eigenvalue weighted by molar-refractivity contribution is -0.137. The normalized spacial score (nSPS) is 20.0. The molecule has 9 heteroatoms. The van der Waals surface area contributed by atoms with Crippen LogP contribution < -0.4 is 14.8 Å². The lowest BCUT2D eigenvalue weighted by Crippen LogP contribution is -2.44. The summed E-state index contributed by atoms with van der Waals surface area (Å²) in [5, 5.41) is 10.6. The fourth-order valence-corrected chi connectivity index (χ4v) is 4.84. The van der Waals surface area contributed by atoms with Gasteiger partial charge in [0.1, 0.15) is 16.7 Å². The predicted molar refractivity (Wildman–Crippen MR) is 94.1 cm³/mol. The molecule has 1 aliphatic heterocycles. The van der Waals surface area contributed by atoms with Gasteiger partial charge in [0, 0.05) is 11.6 Å². The zero-order chi connectivity index (χ0) is 19.3. The monoisotopic (exact) mass is 385 g/mol. The Labute approximate surface area is 152 Å². The number of carboxylic acids is 1. The van der Waals surface area contributed by atoms with E-state index in [1.165, 1.54) is 14.2 Å². The lowest BCUT2D eigenvalue weighted by Gasteiger charge is -2.25. The minimum atomic E-state index is -3.52. The Morgan fingerprint density at radius 1 is 1.27 bits per heavy atom. The third-order valence-corrected chi connectivity index (χ3v) is 6.56. The van der Waals surface area contributed by atoms with Crippen molar-refractivity contribution in [1.29, 1.82) is 0 Å². The van der Waals surface area contributed by atoms with E-state index < -0.39 is 39.4 Å². The molecule has 2 rings (SSSR count). The van der Waals surface area contributed by atoms with Crippen LogP contribution in [0.3, 0.4) is 0 Å². The van der Waals surface area contributed by atoms with Crippen molar-refractivity contribution in [2.75, 3.05) is 20.0 Å². The van der Waals surface area contributed by atoms with Gasteiger partial charge in [-0.3, -0.25) is 9.59 Å². The number of sulfone groups is 1. The van der Waals surface area contributed by atoms with Gasteiger partial charge < -0.3 is 19.9 Å². The van der Waals surface area contributed by atoms with E-state index in [4.69, 9.17) is 9.47 Å². The van der Waals surface area contributed by atoms with Gasteiger partial charge in [0.15, 0.2) is 9.84 Å². The first-order valence-electron chi connectivity index (χ1n) is 8.24. The zero-order valence-corrected chi connectivity index (χ0v) is 15.5. The van der Waals surface area contributed by atoms with Gasteiger partial charge in [0.2, 0.25) is 5.91 Å². The van der Waals surface area contributed by atoms with Crippen LogP contribution in [0, 0.1) is 0 Å². The molecule has 1 aliphatic rings. The second-order valence-corrected chi connectivity index (χ2v) is 8.42. The highest BCUT2D eigenvalue weighted by Gasteiger charge is 2.36. The van der Waals surface area contributed by atoms with Crippen molar-refractivity contribution in [3.63, 3.8) is 0 Å². The molecule has 1 fully saturated rings. The van der Waals surface area contributed by atoms with Gasteiger partial charge >= 0.3 is 5.97 Å². The molecule has 0 radical (unpaired) electrons. The second-order valence-electron chi connectivity index (χ2n) is 6.12. The summed E-state index contributed by atoms with van der Waals surface area (Å²) in [6, 6.07) is 3.88. The van der Waals surface area contributed by atoms with Crippen LogP contribution in [0.25, 0.3) is 0 Å². The Kier molecular flexibility index (Phi) is 6.47. The van der Waals surface area contributed by atoms with Crippen LogP contribution in [0.15, 0.2) is 18.2 Å². The van der Waals surface area contributed by atoms with E-state index in [0.717, 1.165) is 0 Å². The highest BCUT2D eigenvalue weighted by Crippen LogP contribution is 2.32. The molecule has 0 aromatic heterocycles. The largest absolute Gasteiger partial charge is 0.497 e. The number of benzene rings is 1.